The summed E-state index contributed by atoms with van der Waals surface area (Å²) in [6.45, 7) is 1.89. The van der Waals surface area contributed by atoms with Crippen molar-refractivity contribution in [3.8, 4) is 17.6 Å². The lowest BCUT2D eigenvalue weighted by Crippen LogP contribution is -2.06. The van der Waals surface area contributed by atoms with Crippen LogP contribution in [0.1, 0.15) is 24.3 Å². The minimum absolute atomic E-state index is 0.162. The maximum atomic E-state index is 9.23. The van der Waals surface area contributed by atoms with Crippen molar-refractivity contribution in [2.75, 3.05) is 0 Å². The molecule has 0 aliphatic carbocycles. The zero-order valence-electron chi connectivity index (χ0n) is 11.5. The molecule has 1 atom stereocenters. The number of rotatable bonds is 3. The Morgan fingerprint density at radius 2 is 1.86 bits per heavy atom. The summed E-state index contributed by atoms with van der Waals surface area (Å²) in [6.07, 6.45) is 0. The minimum Gasteiger partial charge on any atom is -0.451 e. The summed E-state index contributed by atoms with van der Waals surface area (Å²) >= 11 is 0. The lowest BCUT2D eigenvalue weighted by molar-refractivity contribution is 0.458. The highest BCUT2D eigenvalue weighted by Gasteiger charge is 2.17. The Hall–Kier alpha value is -2.77. The molecule has 0 radical (unpaired) electrons. The van der Waals surface area contributed by atoms with Gasteiger partial charge in [-0.15, -0.1) is 0 Å². The van der Waals surface area contributed by atoms with Gasteiger partial charge in [-0.3, -0.25) is 0 Å². The fourth-order valence-electron chi connectivity index (χ4n) is 2.26. The quantitative estimate of drug-likeness (QED) is 0.782. The molecule has 3 aromatic rings. The van der Waals surface area contributed by atoms with Gasteiger partial charge in [0.25, 0.3) is 0 Å². The number of hydrogen-bond donors (Lipinski definition) is 1. The number of benzene rings is 2. The SMILES string of the molecule is C[C@H](N)c1ccccc1Oc1c(C#N)oc2ccccc12. The molecule has 0 saturated heterocycles. The Balaban J connectivity index is 2.13. The van der Waals surface area contributed by atoms with Crippen LogP contribution in [0.4, 0.5) is 0 Å². The van der Waals surface area contributed by atoms with Crippen molar-refractivity contribution < 1.29 is 9.15 Å². The van der Waals surface area contributed by atoms with Crippen LogP contribution in [-0.4, -0.2) is 0 Å². The molecule has 2 N–H and O–H groups in total. The number of nitrogens with zero attached hydrogens (tertiary/aromatic N) is 1. The van der Waals surface area contributed by atoms with Gasteiger partial charge in [0.05, 0.1) is 5.39 Å². The lowest BCUT2D eigenvalue weighted by Gasteiger charge is -2.12. The predicted octanol–water partition coefficient (Wildman–Crippen LogP) is 4.12. The average Bonchev–Trinajstić information content (AvgIpc) is 2.86. The maximum absolute atomic E-state index is 9.23. The molecule has 0 aliphatic rings. The molecule has 2 aromatic carbocycles. The molecular formula is C17H14N2O2. The summed E-state index contributed by atoms with van der Waals surface area (Å²) in [6, 6.07) is 16.8. The molecule has 3 rings (SSSR count). The van der Waals surface area contributed by atoms with Crippen LogP contribution < -0.4 is 10.5 Å². The van der Waals surface area contributed by atoms with Crippen molar-refractivity contribution in [3.05, 3.63) is 59.9 Å². The van der Waals surface area contributed by atoms with E-state index in [4.69, 9.17) is 14.9 Å². The Morgan fingerprint density at radius 3 is 2.62 bits per heavy atom. The number of nitriles is 1. The van der Waals surface area contributed by atoms with Crippen LogP contribution in [0.5, 0.6) is 11.5 Å². The third-order valence-electron chi connectivity index (χ3n) is 3.27. The molecular weight excluding hydrogens is 264 g/mol. The second-order valence-corrected chi connectivity index (χ2v) is 4.80. The molecule has 0 bridgehead atoms. The van der Waals surface area contributed by atoms with E-state index < -0.39 is 0 Å². The first-order valence-electron chi connectivity index (χ1n) is 6.64. The van der Waals surface area contributed by atoms with Gasteiger partial charge in [-0.2, -0.15) is 5.26 Å². The van der Waals surface area contributed by atoms with E-state index in [1.165, 1.54) is 0 Å². The molecule has 1 aromatic heterocycles. The topological polar surface area (TPSA) is 72.2 Å². The van der Waals surface area contributed by atoms with Crippen LogP contribution in [0.15, 0.2) is 52.9 Å². The molecule has 0 spiro atoms. The van der Waals surface area contributed by atoms with Gasteiger partial charge in [-0.1, -0.05) is 30.3 Å². The van der Waals surface area contributed by atoms with E-state index in [9.17, 15) is 5.26 Å². The van der Waals surface area contributed by atoms with Crippen LogP contribution >= 0.6 is 0 Å². The van der Waals surface area contributed by atoms with Gasteiger partial charge >= 0.3 is 0 Å². The van der Waals surface area contributed by atoms with Gasteiger partial charge in [0.2, 0.25) is 5.76 Å². The van der Waals surface area contributed by atoms with E-state index in [2.05, 4.69) is 0 Å². The molecule has 4 heteroatoms. The fraction of sp³-hybridized carbons (Fsp3) is 0.118. The van der Waals surface area contributed by atoms with Crippen molar-refractivity contribution in [1.29, 1.82) is 5.26 Å². The Bertz CT molecular complexity index is 828. The van der Waals surface area contributed by atoms with E-state index in [0.29, 0.717) is 17.1 Å². The molecule has 4 nitrogen and oxygen atoms in total. The van der Waals surface area contributed by atoms with Crippen molar-refractivity contribution in [2.24, 2.45) is 5.73 Å². The highest BCUT2D eigenvalue weighted by molar-refractivity contribution is 5.86. The first-order chi connectivity index (χ1) is 10.2. The smallest absolute Gasteiger partial charge is 0.247 e. The summed E-state index contributed by atoms with van der Waals surface area (Å²) in [4.78, 5) is 0. The fourth-order valence-corrected chi connectivity index (χ4v) is 2.26. The van der Waals surface area contributed by atoms with Gasteiger partial charge < -0.3 is 14.9 Å². The standard InChI is InChI=1S/C17H14N2O2/c1-11(19)12-6-2-4-8-14(12)21-17-13-7-3-5-9-15(13)20-16(17)10-18/h2-9,11H,19H2,1H3/t11-/m0/s1. The Morgan fingerprint density at radius 1 is 1.14 bits per heavy atom. The largest absolute Gasteiger partial charge is 0.451 e. The zero-order chi connectivity index (χ0) is 14.8. The van der Waals surface area contributed by atoms with Crippen LogP contribution in [0, 0.1) is 11.3 Å². The van der Waals surface area contributed by atoms with E-state index in [1.54, 1.807) is 6.07 Å². The average molecular weight is 278 g/mol. The number of para-hydroxylation sites is 2. The molecule has 0 unspecified atom stereocenters. The molecule has 104 valence electrons. The van der Waals surface area contributed by atoms with Gasteiger partial charge in [0.1, 0.15) is 17.4 Å². The van der Waals surface area contributed by atoms with Crippen LogP contribution in [0.2, 0.25) is 0 Å². The molecule has 0 aliphatic heterocycles. The minimum atomic E-state index is -0.162. The van der Waals surface area contributed by atoms with Gasteiger partial charge in [-0.25, -0.2) is 0 Å². The van der Waals surface area contributed by atoms with Crippen molar-refractivity contribution in [2.45, 2.75) is 13.0 Å². The number of hydrogen-bond acceptors (Lipinski definition) is 4. The van der Waals surface area contributed by atoms with Crippen molar-refractivity contribution in [1.82, 2.24) is 0 Å². The van der Waals surface area contributed by atoms with Gasteiger partial charge in [0.15, 0.2) is 5.75 Å². The molecule has 1 heterocycles. The number of fused-ring (bicyclic) bond motifs is 1. The third-order valence-corrected chi connectivity index (χ3v) is 3.27. The summed E-state index contributed by atoms with van der Waals surface area (Å²) in [5.41, 5.74) is 7.47. The van der Waals surface area contributed by atoms with Crippen molar-refractivity contribution >= 4 is 11.0 Å². The van der Waals surface area contributed by atoms with Gasteiger partial charge in [0, 0.05) is 11.6 Å². The van der Waals surface area contributed by atoms with E-state index in [1.807, 2.05) is 55.5 Å². The second-order valence-electron chi connectivity index (χ2n) is 4.80. The molecule has 0 amide bonds. The van der Waals surface area contributed by atoms with E-state index >= 15 is 0 Å². The first-order valence-corrected chi connectivity index (χ1v) is 6.64. The summed E-state index contributed by atoms with van der Waals surface area (Å²) in [5.74, 6) is 1.23. The zero-order valence-corrected chi connectivity index (χ0v) is 11.5. The lowest BCUT2D eigenvalue weighted by atomic mass is 10.1. The highest BCUT2D eigenvalue weighted by atomic mass is 16.5. The highest BCUT2D eigenvalue weighted by Crippen LogP contribution is 2.37. The van der Waals surface area contributed by atoms with Gasteiger partial charge in [-0.05, 0) is 25.1 Å². The first kappa shape index (κ1) is 13.2. The molecule has 0 fully saturated rings. The van der Waals surface area contributed by atoms with Crippen LogP contribution in [0.25, 0.3) is 11.0 Å². The van der Waals surface area contributed by atoms with Crippen LogP contribution in [0.3, 0.4) is 0 Å². The monoisotopic (exact) mass is 278 g/mol. The maximum Gasteiger partial charge on any atom is 0.247 e. The predicted molar refractivity (Wildman–Crippen MR) is 80.0 cm³/mol. The number of furan rings is 1. The molecule has 21 heavy (non-hydrogen) atoms. The van der Waals surface area contributed by atoms with E-state index in [-0.39, 0.29) is 11.8 Å². The Labute approximate surface area is 122 Å². The summed E-state index contributed by atoms with van der Waals surface area (Å²) in [5, 5.41) is 10.00. The molecule has 0 saturated carbocycles. The number of nitrogens with two attached hydrogens (primary N) is 1. The summed E-state index contributed by atoms with van der Waals surface area (Å²) in [7, 11) is 0. The summed E-state index contributed by atoms with van der Waals surface area (Å²) < 4.78 is 11.5. The van der Waals surface area contributed by atoms with Crippen LogP contribution in [-0.2, 0) is 0 Å². The second kappa shape index (κ2) is 5.31. The Kier molecular flexibility index (Phi) is 3.35. The van der Waals surface area contributed by atoms with Crippen molar-refractivity contribution in [3.63, 3.8) is 0 Å². The van der Waals surface area contributed by atoms with E-state index in [0.717, 1.165) is 10.9 Å². The number of ether oxygens (including phenoxy) is 1. The third kappa shape index (κ3) is 2.35. The normalized spacial score (nSPS) is 12.0.